The summed E-state index contributed by atoms with van der Waals surface area (Å²) in [5.74, 6) is 1.35. The Morgan fingerprint density at radius 1 is 1.67 bits per heavy atom. The van der Waals surface area contributed by atoms with Crippen molar-refractivity contribution in [1.29, 1.82) is 5.41 Å². The minimum atomic E-state index is 0.432. The Balaban J connectivity index is 1.96. The Labute approximate surface area is 55.7 Å². The van der Waals surface area contributed by atoms with Gasteiger partial charge in [-0.2, -0.15) is 0 Å². The molecule has 0 aliphatic heterocycles. The van der Waals surface area contributed by atoms with E-state index in [1.54, 1.807) is 7.11 Å². The third-order valence-electron chi connectivity index (χ3n) is 1.72. The maximum absolute atomic E-state index is 7.14. The van der Waals surface area contributed by atoms with Crippen molar-refractivity contribution in [1.82, 2.24) is 0 Å². The molecule has 0 atom stereocenters. The Hall–Kier alpha value is -0.530. The van der Waals surface area contributed by atoms with Crippen LogP contribution in [0.1, 0.15) is 25.7 Å². The van der Waals surface area contributed by atoms with E-state index in [9.17, 15) is 0 Å². The molecule has 9 heavy (non-hydrogen) atoms. The number of hydrogen-bond donors (Lipinski definition) is 1. The van der Waals surface area contributed by atoms with Crippen LogP contribution in [-0.2, 0) is 4.74 Å². The smallest absolute Gasteiger partial charge is 0.180 e. The van der Waals surface area contributed by atoms with Gasteiger partial charge in [0.15, 0.2) is 5.90 Å². The highest BCUT2D eigenvalue weighted by Gasteiger charge is 2.20. The summed E-state index contributed by atoms with van der Waals surface area (Å²) in [4.78, 5) is 0. The number of ether oxygens (including phenoxy) is 1. The summed E-state index contributed by atoms with van der Waals surface area (Å²) in [6.07, 6.45) is 4.74. The lowest BCUT2D eigenvalue weighted by atomic mass is 10.2. The molecule has 52 valence electrons. The minimum absolute atomic E-state index is 0.432. The van der Waals surface area contributed by atoms with Crippen molar-refractivity contribution in [2.75, 3.05) is 7.11 Å². The molecule has 0 amide bonds. The first-order valence-corrected chi connectivity index (χ1v) is 3.44. The van der Waals surface area contributed by atoms with Crippen LogP contribution in [0.3, 0.4) is 0 Å². The van der Waals surface area contributed by atoms with Gasteiger partial charge in [0.05, 0.1) is 7.11 Å². The van der Waals surface area contributed by atoms with Crippen molar-refractivity contribution >= 4 is 5.90 Å². The average molecular weight is 127 g/mol. The van der Waals surface area contributed by atoms with Crippen LogP contribution in [0, 0.1) is 11.3 Å². The Morgan fingerprint density at radius 3 is 2.78 bits per heavy atom. The van der Waals surface area contributed by atoms with Gasteiger partial charge < -0.3 is 4.74 Å². The number of methoxy groups -OCH3 is 1. The summed E-state index contributed by atoms with van der Waals surface area (Å²) in [5.41, 5.74) is 0. The first-order valence-electron chi connectivity index (χ1n) is 3.44. The largest absolute Gasteiger partial charge is 0.484 e. The van der Waals surface area contributed by atoms with Crippen molar-refractivity contribution in [3.05, 3.63) is 0 Å². The average Bonchev–Trinajstić information content (AvgIpc) is 2.65. The highest BCUT2D eigenvalue weighted by Crippen LogP contribution is 2.33. The van der Waals surface area contributed by atoms with E-state index in [-0.39, 0.29) is 0 Å². The molecule has 0 aromatic carbocycles. The zero-order valence-corrected chi connectivity index (χ0v) is 5.81. The van der Waals surface area contributed by atoms with Gasteiger partial charge in [0.25, 0.3) is 0 Å². The summed E-state index contributed by atoms with van der Waals surface area (Å²) >= 11 is 0. The van der Waals surface area contributed by atoms with Gasteiger partial charge in [-0.1, -0.05) is 12.8 Å². The molecule has 0 spiro atoms. The molecule has 1 aliphatic carbocycles. The van der Waals surface area contributed by atoms with Gasteiger partial charge in [-0.15, -0.1) is 0 Å². The summed E-state index contributed by atoms with van der Waals surface area (Å²) in [5, 5.41) is 7.14. The van der Waals surface area contributed by atoms with Crippen LogP contribution in [-0.4, -0.2) is 13.0 Å². The lowest BCUT2D eigenvalue weighted by Gasteiger charge is -1.98. The molecule has 0 heterocycles. The van der Waals surface area contributed by atoms with Crippen molar-refractivity contribution in [2.45, 2.75) is 25.7 Å². The van der Waals surface area contributed by atoms with Crippen molar-refractivity contribution in [2.24, 2.45) is 5.92 Å². The molecule has 0 aromatic heterocycles. The third kappa shape index (κ3) is 2.49. The van der Waals surface area contributed by atoms with E-state index < -0.39 is 0 Å². The van der Waals surface area contributed by atoms with E-state index in [1.807, 2.05) is 0 Å². The van der Waals surface area contributed by atoms with Crippen LogP contribution in [0.5, 0.6) is 0 Å². The lowest BCUT2D eigenvalue weighted by molar-refractivity contribution is 0.382. The molecule has 0 bridgehead atoms. The van der Waals surface area contributed by atoms with Crippen molar-refractivity contribution < 1.29 is 4.74 Å². The van der Waals surface area contributed by atoms with Crippen LogP contribution in [0.25, 0.3) is 0 Å². The maximum Gasteiger partial charge on any atom is 0.180 e. The van der Waals surface area contributed by atoms with Crippen LogP contribution >= 0.6 is 0 Å². The molecule has 1 aliphatic rings. The van der Waals surface area contributed by atoms with E-state index >= 15 is 0 Å². The van der Waals surface area contributed by atoms with Crippen molar-refractivity contribution in [3.8, 4) is 0 Å². The van der Waals surface area contributed by atoms with Gasteiger partial charge in [0.1, 0.15) is 0 Å². The molecule has 0 unspecified atom stereocenters. The fourth-order valence-electron chi connectivity index (χ4n) is 0.844. The van der Waals surface area contributed by atoms with E-state index in [1.165, 1.54) is 12.8 Å². The van der Waals surface area contributed by atoms with Gasteiger partial charge in [-0.25, -0.2) is 0 Å². The van der Waals surface area contributed by atoms with Crippen molar-refractivity contribution in [3.63, 3.8) is 0 Å². The molecule has 1 rings (SSSR count). The summed E-state index contributed by atoms with van der Waals surface area (Å²) in [6, 6.07) is 0. The molecule has 1 saturated carbocycles. The van der Waals surface area contributed by atoms with Crippen LogP contribution in [0.4, 0.5) is 0 Å². The van der Waals surface area contributed by atoms with E-state index in [4.69, 9.17) is 10.1 Å². The first-order chi connectivity index (χ1) is 4.33. The standard InChI is InChI=1S/C7H13NO/c1-9-7(8)5-4-6-2-3-6/h6,8H,2-5H2,1H3. The quantitative estimate of drug-likeness (QED) is 0.455. The summed E-state index contributed by atoms with van der Waals surface area (Å²) in [6.45, 7) is 0. The molecular formula is C7H13NO. The zero-order valence-electron chi connectivity index (χ0n) is 5.81. The zero-order chi connectivity index (χ0) is 6.69. The van der Waals surface area contributed by atoms with Crippen LogP contribution < -0.4 is 0 Å². The summed E-state index contributed by atoms with van der Waals surface area (Å²) < 4.78 is 4.71. The third-order valence-corrected chi connectivity index (χ3v) is 1.72. The fourth-order valence-corrected chi connectivity index (χ4v) is 0.844. The SMILES string of the molecule is COC(=N)CCC1CC1. The molecule has 1 N–H and O–H groups in total. The topological polar surface area (TPSA) is 33.1 Å². The second kappa shape index (κ2) is 2.85. The molecule has 2 heteroatoms. The Bertz CT molecular complexity index is 107. The molecule has 2 nitrogen and oxygen atoms in total. The number of hydrogen-bond acceptors (Lipinski definition) is 2. The highest BCUT2D eigenvalue weighted by atomic mass is 16.5. The lowest BCUT2D eigenvalue weighted by Crippen LogP contribution is -1.98. The minimum Gasteiger partial charge on any atom is -0.484 e. The monoisotopic (exact) mass is 127 g/mol. The fraction of sp³-hybridized carbons (Fsp3) is 0.857. The van der Waals surface area contributed by atoms with Crippen LogP contribution in [0.2, 0.25) is 0 Å². The van der Waals surface area contributed by atoms with E-state index in [2.05, 4.69) is 0 Å². The predicted octanol–water partition coefficient (Wildman–Crippen LogP) is 1.80. The second-order valence-corrected chi connectivity index (χ2v) is 2.61. The van der Waals surface area contributed by atoms with Gasteiger partial charge in [0.2, 0.25) is 0 Å². The van der Waals surface area contributed by atoms with E-state index in [0.29, 0.717) is 5.90 Å². The van der Waals surface area contributed by atoms with Gasteiger partial charge >= 0.3 is 0 Å². The maximum atomic E-state index is 7.14. The molecule has 0 aromatic rings. The van der Waals surface area contributed by atoms with Crippen LogP contribution in [0.15, 0.2) is 0 Å². The van der Waals surface area contributed by atoms with E-state index in [0.717, 1.165) is 18.8 Å². The van der Waals surface area contributed by atoms with Gasteiger partial charge in [-0.05, 0) is 12.3 Å². The number of rotatable bonds is 3. The Kier molecular flexibility index (Phi) is 2.09. The predicted molar refractivity (Wildman–Crippen MR) is 36.7 cm³/mol. The highest BCUT2D eigenvalue weighted by molar-refractivity contribution is 5.72. The summed E-state index contributed by atoms with van der Waals surface area (Å²) in [7, 11) is 1.56. The van der Waals surface area contributed by atoms with Gasteiger partial charge in [0, 0.05) is 6.42 Å². The second-order valence-electron chi connectivity index (χ2n) is 2.61. The molecule has 0 saturated heterocycles. The number of nitrogens with one attached hydrogen (secondary N) is 1. The Morgan fingerprint density at radius 2 is 2.33 bits per heavy atom. The van der Waals surface area contributed by atoms with Gasteiger partial charge in [-0.3, -0.25) is 5.41 Å². The molecule has 0 radical (unpaired) electrons. The molecular weight excluding hydrogens is 114 g/mol. The molecule has 1 fully saturated rings. The normalized spacial score (nSPS) is 17.4. The first kappa shape index (κ1) is 6.59.